The minimum Gasteiger partial charge on any atom is -0.259 e. The summed E-state index contributed by atoms with van der Waals surface area (Å²) in [7, 11) is 0. The van der Waals surface area contributed by atoms with Gasteiger partial charge in [0.1, 0.15) is 10.8 Å². The lowest BCUT2D eigenvalue weighted by Crippen LogP contribution is -1.89. The molecule has 0 fully saturated rings. The zero-order valence-electron chi connectivity index (χ0n) is 7.61. The molecule has 0 saturated heterocycles. The second-order valence-corrected chi connectivity index (χ2v) is 3.34. The molecule has 70 valence electrons. The lowest BCUT2D eigenvalue weighted by atomic mass is 10.2. The molecule has 4 heteroatoms. The van der Waals surface area contributed by atoms with Crippen molar-refractivity contribution in [2.45, 2.75) is 6.92 Å². The van der Waals surface area contributed by atoms with Gasteiger partial charge in [-0.2, -0.15) is 0 Å². The van der Waals surface area contributed by atoms with Gasteiger partial charge in [0.15, 0.2) is 0 Å². The number of aromatic nitrogens is 3. The van der Waals surface area contributed by atoms with Gasteiger partial charge in [-0.25, -0.2) is 4.98 Å². The number of aryl methyl sites for hydroxylation is 1. The Labute approximate surface area is 86.8 Å². The SMILES string of the molecule is Cc1ccc(-c2cncc(Cl)n2)nc1. The van der Waals surface area contributed by atoms with E-state index in [0.29, 0.717) is 10.8 Å². The molecule has 0 N–H and O–H groups in total. The van der Waals surface area contributed by atoms with Gasteiger partial charge >= 0.3 is 0 Å². The lowest BCUT2D eigenvalue weighted by molar-refractivity contribution is 1.17. The van der Waals surface area contributed by atoms with Crippen LogP contribution in [0.3, 0.4) is 0 Å². The van der Waals surface area contributed by atoms with E-state index in [1.807, 2.05) is 19.1 Å². The van der Waals surface area contributed by atoms with Crippen LogP contribution in [0, 0.1) is 6.92 Å². The fourth-order valence-corrected chi connectivity index (χ4v) is 1.23. The van der Waals surface area contributed by atoms with Gasteiger partial charge in [0, 0.05) is 6.20 Å². The Morgan fingerprint density at radius 3 is 2.57 bits per heavy atom. The molecule has 2 aromatic rings. The molecule has 0 saturated carbocycles. The quantitative estimate of drug-likeness (QED) is 0.718. The minimum atomic E-state index is 0.380. The summed E-state index contributed by atoms with van der Waals surface area (Å²) in [4.78, 5) is 12.3. The first-order chi connectivity index (χ1) is 6.75. The van der Waals surface area contributed by atoms with Crippen LogP contribution < -0.4 is 0 Å². The van der Waals surface area contributed by atoms with Crippen molar-refractivity contribution in [2.24, 2.45) is 0 Å². The van der Waals surface area contributed by atoms with Crippen LogP contribution in [0.1, 0.15) is 5.56 Å². The van der Waals surface area contributed by atoms with Crippen LogP contribution in [-0.4, -0.2) is 15.0 Å². The van der Waals surface area contributed by atoms with Crippen molar-refractivity contribution >= 4 is 11.6 Å². The molecule has 3 nitrogen and oxygen atoms in total. The van der Waals surface area contributed by atoms with Crippen LogP contribution in [0.15, 0.2) is 30.7 Å². The second kappa shape index (κ2) is 3.72. The summed E-state index contributed by atoms with van der Waals surface area (Å²) in [6, 6.07) is 3.88. The third-order valence-electron chi connectivity index (χ3n) is 1.78. The summed E-state index contributed by atoms with van der Waals surface area (Å²) >= 11 is 5.72. The standard InChI is InChI=1S/C10H8ClN3/c1-7-2-3-8(13-4-7)9-5-12-6-10(11)14-9/h2-6H,1H3. The van der Waals surface area contributed by atoms with Crippen molar-refractivity contribution in [3.05, 3.63) is 41.4 Å². The fraction of sp³-hybridized carbons (Fsp3) is 0.100. The lowest BCUT2D eigenvalue weighted by Gasteiger charge is -1.99. The third-order valence-corrected chi connectivity index (χ3v) is 1.96. The van der Waals surface area contributed by atoms with Gasteiger partial charge in [-0.1, -0.05) is 17.7 Å². The molecule has 0 radical (unpaired) electrons. The maximum atomic E-state index is 5.72. The fourth-order valence-electron chi connectivity index (χ4n) is 1.08. The van der Waals surface area contributed by atoms with E-state index in [0.717, 1.165) is 11.3 Å². The summed E-state index contributed by atoms with van der Waals surface area (Å²) in [5, 5.41) is 0.380. The first-order valence-corrected chi connectivity index (χ1v) is 4.54. The van der Waals surface area contributed by atoms with Gasteiger partial charge in [0.05, 0.1) is 18.1 Å². The van der Waals surface area contributed by atoms with E-state index in [1.165, 1.54) is 6.20 Å². The Balaban J connectivity index is 2.44. The highest BCUT2D eigenvalue weighted by Gasteiger charge is 2.01. The predicted octanol–water partition coefficient (Wildman–Crippen LogP) is 2.50. The zero-order chi connectivity index (χ0) is 9.97. The molecule has 0 unspecified atom stereocenters. The highest BCUT2D eigenvalue weighted by molar-refractivity contribution is 6.29. The van der Waals surface area contributed by atoms with Crippen molar-refractivity contribution in [1.29, 1.82) is 0 Å². The predicted molar refractivity (Wildman–Crippen MR) is 55.0 cm³/mol. The maximum Gasteiger partial charge on any atom is 0.148 e. The van der Waals surface area contributed by atoms with Gasteiger partial charge in [-0.3, -0.25) is 9.97 Å². The van der Waals surface area contributed by atoms with Crippen molar-refractivity contribution in [3.63, 3.8) is 0 Å². The van der Waals surface area contributed by atoms with Gasteiger partial charge < -0.3 is 0 Å². The average Bonchev–Trinajstić information content (AvgIpc) is 2.19. The van der Waals surface area contributed by atoms with E-state index in [4.69, 9.17) is 11.6 Å². The van der Waals surface area contributed by atoms with Crippen LogP contribution in [0.4, 0.5) is 0 Å². The van der Waals surface area contributed by atoms with Crippen LogP contribution in [0.2, 0.25) is 5.15 Å². The molecule has 0 aliphatic carbocycles. The van der Waals surface area contributed by atoms with Crippen molar-refractivity contribution in [2.75, 3.05) is 0 Å². The summed E-state index contributed by atoms with van der Waals surface area (Å²) in [5.74, 6) is 0. The monoisotopic (exact) mass is 205 g/mol. The average molecular weight is 206 g/mol. The number of rotatable bonds is 1. The summed E-state index contributed by atoms with van der Waals surface area (Å²) in [6.45, 7) is 1.99. The molecule has 0 aromatic carbocycles. The second-order valence-electron chi connectivity index (χ2n) is 2.95. The number of nitrogens with zero attached hydrogens (tertiary/aromatic N) is 3. The Hall–Kier alpha value is -1.48. The smallest absolute Gasteiger partial charge is 0.148 e. The Kier molecular flexibility index (Phi) is 2.41. The van der Waals surface area contributed by atoms with Gasteiger partial charge in [-0.15, -0.1) is 0 Å². The van der Waals surface area contributed by atoms with Crippen LogP contribution in [0.5, 0.6) is 0 Å². The molecule has 0 aliphatic rings. The summed E-state index contributed by atoms with van der Waals surface area (Å²) in [6.07, 6.45) is 4.93. The highest BCUT2D eigenvalue weighted by atomic mass is 35.5. The van der Waals surface area contributed by atoms with E-state index in [1.54, 1.807) is 12.4 Å². The van der Waals surface area contributed by atoms with Crippen molar-refractivity contribution < 1.29 is 0 Å². The number of hydrogen-bond acceptors (Lipinski definition) is 3. The van der Waals surface area contributed by atoms with Gasteiger partial charge in [0.2, 0.25) is 0 Å². The van der Waals surface area contributed by atoms with Crippen molar-refractivity contribution in [1.82, 2.24) is 15.0 Å². The molecule has 0 bridgehead atoms. The van der Waals surface area contributed by atoms with E-state index >= 15 is 0 Å². The van der Waals surface area contributed by atoms with Crippen molar-refractivity contribution in [3.8, 4) is 11.4 Å². The summed E-state index contributed by atoms with van der Waals surface area (Å²) in [5.41, 5.74) is 2.59. The largest absolute Gasteiger partial charge is 0.259 e. The molecule has 0 spiro atoms. The van der Waals surface area contributed by atoms with E-state index < -0.39 is 0 Å². The minimum absolute atomic E-state index is 0.380. The van der Waals surface area contributed by atoms with Crippen LogP contribution in [-0.2, 0) is 0 Å². The molecule has 14 heavy (non-hydrogen) atoms. The normalized spacial score (nSPS) is 10.1. The number of halogens is 1. The maximum absolute atomic E-state index is 5.72. The molecule has 0 amide bonds. The van der Waals surface area contributed by atoms with Crippen LogP contribution >= 0.6 is 11.6 Å². The van der Waals surface area contributed by atoms with E-state index in [-0.39, 0.29) is 0 Å². The van der Waals surface area contributed by atoms with E-state index in [9.17, 15) is 0 Å². The Morgan fingerprint density at radius 2 is 1.93 bits per heavy atom. The zero-order valence-corrected chi connectivity index (χ0v) is 8.36. The van der Waals surface area contributed by atoms with E-state index in [2.05, 4.69) is 15.0 Å². The van der Waals surface area contributed by atoms with Gasteiger partial charge in [-0.05, 0) is 18.6 Å². The molecular formula is C10H8ClN3. The molecule has 2 rings (SSSR count). The Bertz CT molecular complexity index is 439. The number of pyridine rings is 1. The van der Waals surface area contributed by atoms with Gasteiger partial charge in [0.25, 0.3) is 0 Å². The first-order valence-electron chi connectivity index (χ1n) is 4.16. The molecule has 2 aromatic heterocycles. The summed E-state index contributed by atoms with van der Waals surface area (Å²) < 4.78 is 0. The van der Waals surface area contributed by atoms with Crippen LogP contribution in [0.25, 0.3) is 11.4 Å². The molecule has 0 atom stereocenters. The first kappa shape index (κ1) is 9.09. The third kappa shape index (κ3) is 1.88. The number of hydrogen-bond donors (Lipinski definition) is 0. The Morgan fingerprint density at radius 1 is 1.07 bits per heavy atom. The molecule has 0 aliphatic heterocycles. The highest BCUT2D eigenvalue weighted by Crippen LogP contribution is 2.14. The molecular weight excluding hydrogens is 198 g/mol. The molecule has 2 heterocycles. The topological polar surface area (TPSA) is 38.7 Å².